The molecular weight excluding hydrogens is 1830 g/mol. The second-order valence-electron chi connectivity index (χ2n) is 25.8. The summed E-state index contributed by atoms with van der Waals surface area (Å²) in [6.45, 7) is 31.2. The van der Waals surface area contributed by atoms with Gasteiger partial charge in [-0.25, -0.2) is 38.3 Å². The van der Waals surface area contributed by atoms with E-state index in [1.807, 2.05) is 54.6 Å². The molecule has 5 aromatic rings. The predicted octanol–water partition coefficient (Wildman–Crippen LogP) is 15.7. The first-order valence-electron chi connectivity index (χ1n) is 39.4. The normalized spacial score (nSPS) is 11.7. The standard InChI is InChI=1S/C22H30Br2N2O5.C19H27BrN2O3.C19H27N5O3.C16H24N2O.C3H4BrClO2.CH3F.ClH.N3.Na.H2O/c1-3-11-25(12-4-2)13-8-17-6-5-7-19-18(17)16-20(31-22(28)30-15-10-24)26(19)21(27)29-14-9-23;1-3-10-21(11-4-2)12-8-15-6-5-7-17-16(15)14-18(23)22(17)19(24)25-13-9-20;1-3-10-23(11-4-2)12-8-15-6-5-7-17-16(15)14-18(25)24(17)19(26)27-13-9-21-22-20;1-3-9-18(10-4-2)11-8-13-6-5-7-15-14(13)12-16(19)17-15;4-1-2-7-3(5)6;1-2;;1-3-2;;/h5-7,16H,3-4,8-15H2,1-2H3;5-7H,3-4,8-14H2,1-2H3;5-7H,3-4,8-14H2,1-2H3;5-7H,3-4,8-12H2,1-2H3,(H,17,19);1-2H2;1H3;1H;;;1H2/q;;;;;;;-1;+1;/i;;;;;1D;;;;. The molecular formula is C80H118Br4Cl2FN14NaO15. The fourth-order valence-corrected chi connectivity index (χ4v) is 13.7. The summed E-state index contributed by atoms with van der Waals surface area (Å²) in [4.78, 5) is 111. The van der Waals surface area contributed by atoms with Crippen molar-refractivity contribution in [3.63, 3.8) is 0 Å². The fourth-order valence-electron chi connectivity index (χ4n) is 13.0. The Hall–Kier alpha value is -6.17. The molecule has 0 fully saturated rings. The Kier molecular flexibility index (Phi) is 64.9. The minimum atomic E-state index is -1.00. The van der Waals surface area contributed by atoms with Gasteiger partial charge in [0.1, 0.15) is 26.4 Å². The van der Waals surface area contributed by atoms with Crippen molar-refractivity contribution in [1.82, 2.24) is 24.2 Å². The zero-order valence-corrected chi connectivity index (χ0v) is 79.0. The molecule has 5 amide bonds. The minimum absolute atomic E-state index is 0. The van der Waals surface area contributed by atoms with Crippen molar-refractivity contribution < 1.29 is 108 Å². The van der Waals surface area contributed by atoms with Gasteiger partial charge in [-0.3, -0.25) is 23.7 Å². The second kappa shape index (κ2) is 68.5. The van der Waals surface area contributed by atoms with Crippen molar-refractivity contribution in [2.75, 3.05) is 162 Å². The number of hydrogen-bond acceptors (Lipinski definition) is 19. The summed E-state index contributed by atoms with van der Waals surface area (Å²) in [6.07, 6.45) is 11.0. The Morgan fingerprint density at radius 1 is 0.521 bits per heavy atom. The van der Waals surface area contributed by atoms with E-state index in [2.05, 4.69) is 171 Å². The fraction of sp³-hybridized carbons (Fsp3) is 0.575. The summed E-state index contributed by atoms with van der Waals surface area (Å²) in [7, 11) is -1.00. The predicted molar refractivity (Wildman–Crippen MR) is 475 cm³/mol. The van der Waals surface area contributed by atoms with Crippen LogP contribution in [-0.2, 0) is 83.0 Å². The van der Waals surface area contributed by atoms with Crippen LogP contribution in [0.4, 0.5) is 45.4 Å². The van der Waals surface area contributed by atoms with Gasteiger partial charge in [-0.05, 0) is 198 Å². The van der Waals surface area contributed by atoms with Crippen molar-refractivity contribution in [2.24, 2.45) is 5.11 Å². The molecule has 0 spiro atoms. The molecule has 0 saturated heterocycles. The van der Waals surface area contributed by atoms with E-state index < -0.39 is 37.0 Å². The topological polar surface area (TPSA) is 367 Å². The van der Waals surface area contributed by atoms with Gasteiger partial charge in [0.05, 0.1) is 57.8 Å². The quantitative estimate of drug-likeness (QED) is 0.00438. The Labute approximate surface area is 757 Å². The van der Waals surface area contributed by atoms with E-state index in [0.29, 0.717) is 51.2 Å². The van der Waals surface area contributed by atoms with Crippen LogP contribution in [0.15, 0.2) is 84.0 Å². The number of ether oxygens (including phenoxy) is 6. The molecule has 4 heterocycles. The summed E-state index contributed by atoms with van der Waals surface area (Å²) in [5.74, 6) is -0.284. The number of alkyl halides is 5. The van der Waals surface area contributed by atoms with Crippen LogP contribution in [0.2, 0.25) is 0 Å². The number of anilines is 3. The molecule has 648 valence electrons. The molecule has 3 N–H and O–H groups in total. The number of carbonyl (C=O) groups is 8. The summed E-state index contributed by atoms with van der Waals surface area (Å²) in [5.41, 5.74) is 31.7. The van der Waals surface area contributed by atoms with Gasteiger partial charge in [0.25, 0.3) is 0 Å². The molecule has 29 nitrogen and oxygen atoms in total. The molecule has 0 bridgehead atoms. The van der Waals surface area contributed by atoms with E-state index in [1.54, 1.807) is 12.1 Å². The van der Waals surface area contributed by atoms with Gasteiger partial charge in [0, 0.05) is 81.2 Å². The number of amides is 5. The first-order chi connectivity index (χ1) is 55.6. The van der Waals surface area contributed by atoms with E-state index in [1.165, 1.54) is 51.4 Å². The number of rotatable bonds is 40. The van der Waals surface area contributed by atoms with E-state index in [-0.39, 0.29) is 117 Å². The third-order valence-corrected chi connectivity index (χ3v) is 18.8. The van der Waals surface area contributed by atoms with Crippen molar-refractivity contribution >= 4 is 163 Å². The average Bonchev–Trinajstić information content (AvgIpc) is 1.64. The molecule has 1 aromatic heterocycles. The number of aromatic nitrogens is 1. The van der Waals surface area contributed by atoms with Crippen LogP contribution in [0.3, 0.4) is 0 Å². The van der Waals surface area contributed by atoms with Gasteiger partial charge >= 0.3 is 59.4 Å². The van der Waals surface area contributed by atoms with Gasteiger partial charge in [0.15, 0.2) is 0 Å². The zero-order valence-electron chi connectivity index (χ0n) is 70.1. The zero-order chi connectivity index (χ0) is 85.3. The number of nitrogens with zero attached hydrogens (tertiary/aromatic N) is 13. The number of imide groups is 2. The molecule has 3 aliphatic rings. The minimum Gasteiger partial charge on any atom is -0.453 e. The summed E-state index contributed by atoms with van der Waals surface area (Å²) in [6, 6.07) is 25.2. The maximum Gasteiger partial charge on any atom is 1.00 e. The molecule has 0 unspecified atom stereocenters. The van der Waals surface area contributed by atoms with Crippen molar-refractivity contribution in [3.05, 3.63) is 144 Å². The van der Waals surface area contributed by atoms with Gasteiger partial charge in [-0.15, -0.1) is 12.4 Å². The number of azide groups is 1. The monoisotopic (exact) mass is 1940 g/mol. The van der Waals surface area contributed by atoms with E-state index >= 15 is 0 Å². The SMILES string of the molecule is CCCN(CCC)CCc1cccc2c1CC(=O)N2.CCCN(CCC)CCc1cccc2c1CC(=O)N2C(=O)OCCBr.CCCN(CCC)CCc1cccc2c1CC(=O)N2C(=O)OCCN=[N+]=[N-].CCCN(CCC)CCc1cccc2c1cc(OC(=O)OCCBr)n2C(=O)OCCBr.Cl.O.O=C(Cl)OCCBr.[2H]CF.[N-]=[N+]=[N-].[Na+]. The average molecular weight is 1950 g/mol. The van der Waals surface area contributed by atoms with Crippen LogP contribution < -0.4 is 49.4 Å². The van der Waals surface area contributed by atoms with E-state index in [0.717, 1.165) is 173 Å². The first kappa shape index (κ1) is 111. The van der Waals surface area contributed by atoms with Crippen LogP contribution in [-0.4, -0.2) is 224 Å². The Morgan fingerprint density at radius 2 is 0.872 bits per heavy atom. The van der Waals surface area contributed by atoms with Crippen LogP contribution in [0.1, 0.15) is 147 Å². The largest absolute Gasteiger partial charge is 1.00 e. The summed E-state index contributed by atoms with van der Waals surface area (Å²) < 4.78 is 46.8. The molecule has 8 rings (SSSR count). The number of fused-ring (bicyclic) bond motifs is 4. The third-order valence-electron chi connectivity index (χ3n) is 17.4. The molecule has 117 heavy (non-hydrogen) atoms. The molecule has 3 aliphatic heterocycles. The maximum absolute atomic E-state index is 12.7. The van der Waals surface area contributed by atoms with Crippen LogP contribution in [0.5, 0.6) is 5.88 Å². The van der Waals surface area contributed by atoms with Gasteiger partial charge < -0.3 is 69.9 Å². The summed E-state index contributed by atoms with van der Waals surface area (Å²) >= 11 is 17.5. The number of halogens is 7. The van der Waals surface area contributed by atoms with Gasteiger partial charge in [-0.1, -0.05) is 173 Å². The van der Waals surface area contributed by atoms with Crippen molar-refractivity contribution in [1.29, 1.82) is 0 Å². The molecule has 0 saturated carbocycles. The molecule has 4 aromatic carbocycles. The van der Waals surface area contributed by atoms with Gasteiger partial charge in [-0.2, -0.15) is 0 Å². The number of hydrogen-bond donors (Lipinski definition) is 1. The molecule has 0 atom stereocenters. The second-order valence-corrected chi connectivity index (χ2v) is 29.3. The Bertz CT molecular complexity index is 3840. The first-order valence-corrected chi connectivity index (χ1v) is 43.6. The van der Waals surface area contributed by atoms with Crippen molar-refractivity contribution in [3.8, 4) is 5.88 Å². The molecule has 0 aliphatic carbocycles. The number of carbonyl (C=O) groups excluding carboxylic acids is 8. The smallest absolute Gasteiger partial charge is 0.453 e. The number of benzene rings is 4. The van der Waals surface area contributed by atoms with Crippen LogP contribution in [0.25, 0.3) is 37.3 Å². The van der Waals surface area contributed by atoms with E-state index in [9.17, 15) is 42.7 Å². The third kappa shape index (κ3) is 41.3. The van der Waals surface area contributed by atoms with Crippen LogP contribution in [0, 0.1) is 0 Å². The van der Waals surface area contributed by atoms with Gasteiger partial charge in [0.2, 0.25) is 23.6 Å². The molecule has 0 radical (unpaired) electrons. The maximum atomic E-state index is 12.7. The van der Waals surface area contributed by atoms with Crippen molar-refractivity contribution in [2.45, 2.75) is 152 Å². The molecule has 37 heteroatoms. The Morgan fingerprint density at radius 3 is 1.26 bits per heavy atom. The summed E-state index contributed by atoms with van der Waals surface area (Å²) in [5, 5.41) is 9.28. The Balaban J connectivity index is 0. The van der Waals surface area contributed by atoms with Crippen LogP contribution >= 0.6 is 87.7 Å². The number of nitrogens with one attached hydrogen (secondary N) is 1. The van der Waals surface area contributed by atoms with E-state index in [4.69, 9.17) is 53.2 Å².